The number of nitrogens with two attached hydrogens (primary N) is 1. The van der Waals surface area contributed by atoms with E-state index in [0.29, 0.717) is 29.6 Å². The first-order chi connectivity index (χ1) is 15.5. The number of ether oxygens (including phenoxy) is 2. The van der Waals surface area contributed by atoms with Crippen LogP contribution >= 0.6 is 11.8 Å². The fourth-order valence-electron chi connectivity index (χ4n) is 2.95. The van der Waals surface area contributed by atoms with Crippen LogP contribution in [0.3, 0.4) is 0 Å². The Balaban J connectivity index is 1.67. The molecule has 0 fully saturated rings. The van der Waals surface area contributed by atoms with Gasteiger partial charge in [0.25, 0.3) is 0 Å². The summed E-state index contributed by atoms with van der Waals surface area (Å²) >= 11 is 1.12. The number of anilines is 2. The average Bonchev–Trinajstić information content (AvgIpc) is 3.15. The second-order valence-electron chi connectivity index (χ2n) is 6.66. The number of amides is 1. The minimum absolute atomic E-state index is 0.0485. The van der Waals surface area contributed by atoms with E-state index < -0.39 is 6.04 Å². The molecular formula is C22H25N5O4S. The van der Waals surface area contributed by atoms with Crippen LogP contribution in [0.4, 0.5) is 11.6 Å². The molecule has 1 heterocycles. The number of carbonyl (C=O) groups excluding carboxylic acids is 2. The molecule has 0 radical (unpaired) electrons. The van der Waals surface area contributed by atoms with Crippen molar-refractivity contribution in [3.63, 3.8) is 0 Å². The molecule has 1 unspecified atom stereocenters. The molecule has 1 amide bonds. The highest BCUT2D eigenvalue weighted by Gasteiger charge is 2.25. The average molecular weight is 456 g/mol. The number of hydrogen-bond acceptors (Lipinski definition) is 8. The molecule has 0 aliphatic heterocycles. The summed E-state index contributed by atoms with van der Waals surface area (Å²) in [5.41, 5.74) is 6.58. The molecule has 9 nitrogen and oxygen atoms in total. The zero-order valence-corrected chi connectivity index (χ0v) is 18.7. The van der Waals surface area contributed by atoms with Crippen molar-refractivity contribution in [1.82, 2.24) is 14.8 Å². The number of aromatic nitrogens is 3. The third-order valence-corrected chi connectivity index (χ3v) is 5.33. The van der Waals surface area contributed by atoms with Gasteiger partial charge in [-0.25, -0.2) is 0 Å². The lowest BCUT2D eigenvalue weighted by atomic mass is 10.2. The fraction of sp³-hybridized carbons (Fsp3) is 0.273. The maximum absolute atomic E-state index is 13.0. The van der Waals surface area contributed by atoms with Gasteiger partial charge in [0.15, 0.2) is 5.16 Å². The molecule has 32 heavy (non-hydrogen) atoms. The molecule has 3 N–H and O–H groups in total. The van der Waals surface area contributed by atoms with Gasteiger partial charge in [0, 0.05) is 5.69 Å². The number of nitrogens with zero attached hydrogens (tertiary/aromatic N) is 3. The summed E-state index contributed by atoms with van der Waals surface area (Å²) in [6.07, 6.45) is 0.455. The highest BCUT2D eigenvalue weighted by molar-refractivity contribution is 7.99. The Morgan fingerprint density at radius 2 is 1.75 bits per heavy atom. The first-order valence-electron chi connectivity index (χ1n) is 10.1. The normalized spacial score (nSPS) is 11.6. The zero-order valence-electron chi connectivity index (χ0n) is 17.9. The molecular weight excluding hydrogens is 430 g/mol. The van der Waals surface area contributed by atoms with Gasteiger partial charge >= 0.3 is 5.97 Å². The fourth-order valence-corrected chi connectivity index (χ4v) is 3.74. The van der Waals surface area contributed by atoms with E-state index in [1.54, 1.807) is 31.2 Å². The van der Waals surface area contributed by atoms with Crippen molar-refractivity contribution in [3.05, 3.63) is 54.6 Å². The van der Waals surface area contributed by atoms with Crippen molar-refractivity contribution in [1.29, 1.82) is 0 Å². The Morgan fingerprint density at radius 3 is 2.41 bits per heavy atom. The summed E-state index contributed by atoms with van der Waals surface area (Å²) < 4.78 is 12.2. The summed E-state index contributed by atoms with van der Waals surface area (Å²) in [6, 6.07) is 15.9. The number of thioether (sulfide) groups is 1. The van der Waals surface area contributed by atoms with Crippen molar-refractivity contribution < 1.29 is 19.1 Å². The standard InChI is InChI=1S/C22H25N5O4S/c1-3-18(27-21(23)25-26-22(27)32-14-19(28)30-4-2)20(29)24-15-10-12-17(13-11-15)31-16-8-6-5-7-9-16/h5-13,18H,3-4,14H2,1-2H3,(H2,23,25)(H,24,29). The molecule has 0 aliphatic carbocycles. The molecule has 3 aromatic rings. The first-order valence-corrected chi connectivity index (χ1v) is 11.1. The van der Waals surface area contributed by atoms with E-state index in [9.17, 15) is 9.59 Å². The molecule has 0 saturated heterocycles. The number of esters is 1. The highest BCUT2D eigenvalue weighted by atomic mass is 32.2. The molecule has 0 spiro atoms. The van der Waals surface area contributed by atoms with Crippen LogP contribution in [0.15, 0.2) is 59.8 Å². The Hall–Kier alpha value is -3.53. The number of carbonyl (C=O) groups is 2. The molecule has 0 saturated carbocycles. The van der Waals surface area contributed by atoms with Gasteiger partial charge in [-0.3, -0.25) is 14.2 Å². The number of para-hydroxylation sites is 1. The first kappa shape index (κ1) is 23.1. The lowest BCUT2D eigenvalue weighted by molar-refractivity contribution is -0.139. The second-order valence-corrected chi connectivity index (χ2v) is 7.60. The van der Waals surface area contributed by atoms with Gasteiger partial charge in [-0.2, -0.15) is 0 Å². The number of nitrogens with one attached hydrogen (secondary N) is 1. The minimum Gasteiger partial charge on any atom is -0.465 e. The summed E-state index contributed by atoms with van der Waals surface area (Å²) in [7, 11) is 0. The minimum atomic E-state index is -0.644. The predicted octanol–water partition coefficient (Wildman–Crippen LogP) is 3.90. The molecule has 2 aromatic carbocycles. The molecule has 1 atom stereocenters. The quantitative estimate of drug-likeness (QED) is 0.349. The molecule has 3 rings (SSSR count). The molecule has 0 bridgehead atoms. The van der Waals surface area contributed by atoms with Crippen LogP contribution in [0, 0.1) is 0 Å². The van der Waals surface area contributed by atoms with Gasteiger partial charge in [-0.1, -0.05) is 36.9 Å². The third kappa shape index (κ3) is 6.01. The zero-order chi connectivity index (χ0) is 22.9. The Bertz CT molecular complexity index is 1040. The van der Waals surface area contributed by atoms with Crippen LogP contribution in [-0.4, -0.2) is 39.0 Å². The van der Waals surface area contributed by atoms with Gasteiger partial charge < -0.3 is 20.5 Å². The lowest BCUT2D eigenvalue weighted by Crippen LogP contribution is -2.27. The number of nitrogen functional groups attached to an aromatic ring is 1. The van der Waals surface area contributed by atoms with Crippen molar-refractivity contribution in [2.24, 2.45) is 0 Å². The number of benzene rings is 2. The molecule has 10 heteroatoms. The summed E-state index contributed by atoms with van der Waals surface area (Å²) in [5, 5.41) is 11.1. The molecule has 168 valence electrons. The predicted molar refractivity (Wildman–Crippen MR) is 123 cm³/mol. The van der Waals surface area contributed by atoms with E-state index in [4.69, 9.17) is 15.2 Å². The molecule has 1 aromatic heterocycles. The Labute approximate surface area is 190 Å². The van der Waals surface area contributed by atoms with Crippen molar-refractivity contribution in [2.45, 2.75) is 31.5 Å². The SMILES string of the molecule is CCOC(=O)CSc1nnc(N)n1C(CC)C(=O)Nc1ccc(Oc2ccccc2)cc1. The largest absolute Gasteiger partial charge is 0.465 e. The smallest absolute Gasteiger partial charge is 0.316 e. The number of rotatable bonds is 10. The van der Waals surface area contributed by atoms with Crippen molar-refractivity contribution in [2.75, 3.05) is 23.4 Å². The van der Waals surface area contributed by atoms with E-state index in [2.05, 4.69) is 15.5 Å². The topological polar surface area (TPSA) is 121 Å². The second kappa shape index (κ2) is 11.2. The van der Waals surface area contributed by atoms with Crippen LogP contribution in [0.2, 0.25) is 0 Å². The van der Waals surface area contributed by atoms with Gasteiger partial charge in [0.2, 0.25) is 11.9 Å². The van der Waals surface area contributed by atoms with Gasteiger partial charge in [0.05, 0.1) is 12.4 Å². The van der Waals surface area contributed by atoms with E-state index in [0.717, 1.165) is 17.5 Å². The Kier molecular flexibility index (Phi) is 8.09. The van der Waals surface area contributed by atoms with Crippen molar-refractivity contribution in [3.8, 4) is 11.5 Å². The van der Waals surface area contributed by atoms with Crippen LogP contribution in [-0.2, 0) is 14.3 Å². The third-order valence-electron chi connectivity index (χ3n) is 4.42. The van der Waals surface area contributed by atoms with E-state index >= 15 is 0 Å². The van der Waals surface area contributed by atoms with Crippen LogP contribution in [0.5, 0.6) is 11.5 Å². The molecule has 0 aliphatic rings. The van der Waals surface area contributed by atoms with Crippen LogP contribution in [0.1, 0.15) is 26.3 Å². The summed E-state index contributed by atoms with van der Waals surface area (Å²) in [6.45, 7) is 3.89. The van der Waals surface area contributed by atoms with Gasteiger partial charge in [-0.05, 0) is 49.7 Å². The highest BCUT2D eigenvalue weighted by Crippen LogP contribution is 2.27. The summed E-state index contributed by atoms with van der Waals surface area (Å²) in [5.74, 6) is 0.889. The number of hydrogen-bond donors (Lipinski definition) is 2. The van der Waals surface area contributed by atoms with Gasteiger partial charge in [-0.15, -0.1) is 10.2 Å². The maximum Gasteiger partial charge on any atom is 0.316 e. The lowest BCUT2D eigenvalue weighted by Gasteiger charge is -2.19. The van der Waals surface area contributed by atoms with Crippen molar-refractivity contribution >= 4 is 35.3 Å². The van der Waals surface area contributed by atoms with Crippen LogP contribution in [0.25, 0.3) is 0 Å². The van der Waals surface area contributed by atoms with E-state index in [1.807, 2.05) is 37.3 Å². The summed E-state index contributed by atoms with van der Waals surface area (Å²) in [4.78, 5) is 24.7. The van der Waals surface area contributed by atoms with Gasteiger partial charge in [0.1, 0.15) is 17.5 Å². The maximum atomic E-state index is 13.0. The van der Waals surface area contributed by atoms with E-state index in [1.165, 1.54) is 4.57 Å². The Morgan fingerprint density at radius 1 is 1.06 bits per heavy atom. The van der Waals surface area contributed by atoms with E-state index in [-0.39, 0.29) is 23.6 Å². The monoisotopic (exact) mass is 455 g/mol. The van der Waals surface area contributed by atoms with Crippen LogP contribution < -0.4 is 15.8 Å².